The molecule has 2 aliphatic carbocycles. The Hall–Kier alpha value is -1.54. The van der Waals surface area contributed by atoms with Crippen LogP contribution in [0.5, 0.6) is 5.75 Å². The largest absolute Gasteiger partial charge is 0.508 e. The zero-order valence-electron chi connectivity index (χ0n) is 12.9. The molecule has 2 N–H and O–H groups in total. The zero-order valence-corrected chi connectivity index (χ0v) is 12.9. The lowest BCUT2D eigenvalue weighted by atomic mass is 9.62. The van der Waals surface area contributed by atoms with Gasteiger partial charge < -0.3 is 10.2 Å². The molecule has 2 nitrogen and oxygen atoms in total. The van der Waals surface area contributed by atoms with Gasteiger partial charge in [-0.3, -0.25) is 0 Å². The summed E-state index contributed by atoms with van der Waals surface area (Å²) in [6, 6.07) is 12.0. The molecule has 4 unspecified atom stereocenters. The molecule has 22 heavy (non-hydrogen) atoms. The molecule has 2 fully saturated rings. The van der Waals surface area contributed by atoms with Crippen molar-refractivity contribution < 1.29 is 10.2 Å². The smallest absolute Gasteiger partial charge is 0.119 e. The van der Waals surface area contributed by atoms with E-state index in [0.29, 0.717) is 11.7 Å². The van der Waals surface area contributed by atoms with E-state index in [0.717, 1.165) is 35.1 Å². The van der Waals surface area contributed by atoms with Crippen molar-refractivity contribution in [3.63, 3.8) is 0 Å². The maximum atomic E-state index is 10.7. The number of aromatic hydroxyl groups is 1. The molecule has 2 saturated carbocycles. The summed E-state index contributed by atoms with van der Waals surface area (Å²) >= 11 is 0. The summed E-state index contributed by atoms with van der Waals surface area (Å²) in [5.41, 5.74) is 0.988. The summed E-state index contributed by atoms with van der Waals surface area (Å²) in [5, 5.41) is 23.6. The fraction of sp³-hybridized carbons (Fsp3) is 0.500. The van der Waals surface area contributed by atoms with Gasteiger partial charge in [0, 0.05) is 11.5 Å². The first-order chi connectivity index (χ1) is 10.8. The molecule has 0 saturated heterocycles. The van der Waals surface area contributed by atoms with E-state index in [1.54, 1.807) is 6.07 Å². The molecule has 116 valence electrons. The number of fused-ring (bicyclic) bond motifs is 2. The van der Waals surface area contributed by atoms with Crippen LogP contribution in [0.1, 0.15) is 50.0 Å². The van der Waals surface area contributed by atoms with Crippen molar-refractivity contribution in [2.75, 3.05) is 0 Å². The van der Waals surface area contributed by atoms with Gasteiger partial charge in [-0.15, -0.1) is 0 Å². The molecule has 0 aliphatic heterocycles. The quantitative estimate of drug-likeness (QED) is 0.808. The average molecular weight is 296 g/mol. The number of aliphatic hydroxyl groups is 1. The number of hydrogen-bond acceptors (Lipinski definition) is 2. The first-order valence-corrected chi connectivity index (χ1v) is 8.64. The lowest BCUT2D eigenvalue weighted by Crippen LogP contribution is -2.38. The van der Waals surface area contributed by atoms with E-state index in [9.17, 15) is 10.2 Å². The highest BCUT2D eigenvalue weighted by atomic mass is 16.3. The SMILES string of the molecule is Oc1ccc2ccccc2c1C1C(O)CCC2CCCCC21. The van der Waals surface area contributed by atoms with Crippen LogP contribution in [-0.4, -0.2) is 16.3 Å². The van der Waals surface area contributed by atoms with E-state index in [4.69, 9.17) is 0 Å². The van der Waals surface area contributed by atoms with Crippen LogP contribution in [-0.2, 0) is 0 Å². The minimum Gasteiger partial charge on any atom is -0.508 e. The fourth-order valence-corrected chi connectivity index (χ4v) is 4.96. The number of phenolic OH excluding ortho intramolecular Hbond substituents is 1. The van der Waals surface area contributed by atoms with Gasteiger partial charge in [-0.25, -0.2) is 0 Å². The predicted octanol–water partition coefficient (Wildman–Crippen LogP) is 4.59. The van der Waals surface area contributed by atoms with Crippen molar-refractivity contribution in [2.24, 2.45) is 11.8 Å². The molecule has 2 aromatic carbocycles. The van der Waals surface area contributed by atoms with E-state index in [1.165, 1.54) is 25.7 Å². The van der Waals surface area contributed by atoms with Crippen molar-refractivity contribution in [3.8, 4) is 5.75 Å². The summed E-state index contributed by atoms with van der Waals surface area (Å²) < 4.78 is 0. The highest BCUT2D eigenvalue weighted by Crippen LogP contribution is 2.51. The van der Waals surface area contributed by atoms with Gasteiger partial charge in [0.05, 0.1) is 6.10 Å². The molecule has 0 heterocycles. The number of benzene rings is 2. The van der Waals surface area contributed by atoms with Crippen molar-refractivity contribution in [1.82, 2.24) is 0 Å². The first-order valence-electron chi connectivity index (χ1n) is 8.64. The summed E-state index contributed by atoms with van der Waals surface area (Å²) in [6.07, 6.45) is 6.76. The van der Waals surface area contributed by atoms with Gasteiger partial charge in [0.15, 0.2) is 0 Å². The Morgan fingerprint density at radius 2 is 1.68 bits per heavy atom. The molecular weight excluding hydrogens is 272 g/mol. The zero-order chi connectivity index (χ0) is 15.1. The first kappa shape index (κ1) is 14.1. The van der Waals surface area contributed by atoms with Crippen LogP contribution in [0.4, 0.5) is 0 Å². The van der Waals surface area contributed by atoms with Crippen LogP contribution in [0, 0.1) is 11.8 Å². The topological polar surface area (TPSA) is 40.5 Å². The second-order valence-corrected chi connectivity index (χ2v) is 7.10. The molecule has 4 atom stereocenters. The van der Waals surface area contributed by atoms with Crippen molar-refractivity contribution in [2.45, 2.75) is 50.5 Å². The van der Waals surface area contributed by atoms with E-state index >= 15 is 0 Å². The molecule has 0 amide bonds. The lowest BCUT2D eigenvalue weighted by molar-refractivity contribution is 0.0226. The molecule has 2 heteroatoms. The second-order valence-electron chi connectivity index (χ2n) is 7.10. The van der Waals surface area contributed by atoms with E-state index in [-0.39, 0.29) is 12.0 Å². The van der Waals surface area contributed by atoms with Crippen LogP contribution in [0.3, 0.4) is 0 Å². The van der Waals surface area contributed by atoms with Gasteiger partial charge in [0.25, 0.3) is 0 Å². The lowest BCUT2D eigenvalue weighted by Gasteiger charge is -2.44. The highest BCUT2D eigenvalue weighted by Gasteiger charge is 2.41. The Balaban J connectivity index is 1.86. The normalized spacial score (nSPS) is 31.9. The Labute approximate surface area is 131 Å². The molecule has 4 rings (SSSR count). The summed E-state index contributed by atoms with van der Waals surface area (Å²) in [6.45, 7) is 0. The fourth-order valence-electron chi connectivity index (χ4n) is 4.96. The maximum Gasteiger partial charge on any atom is 0.119 e. The molecule has 0 aromatic heterocycles. The standard InChI is InChI=1S/C20H24O2/c21-17-11-9-13-5-1-3-7-15(13)19(17)20-16-8-4-2-6-14(16)10-12-18(20)22/h1,3,5,7,9,11,14,16,18,20-22H,2,4,6,8,10,12H2. The molecule has 2 aromatic rings. The molecule has 0 radical (unpaired) electrons. The van der Waals surface area contributed by atoms with Gasteiger partial charge in [0.2, 0.25) is 0 Å². The maximum absolute atomic E-state index is 10.7. The molecule has 0 spiro atoms. The van der Waals surface area contributed by atoms with Crippen LogP contribution in [0.15, 0.2) is 36.4 Å². The highest BCUT2D eigenvalue weighted by molar-refractivity contribution is 5.88. The summed E-state index contributed by atoms with van der Waals surface area (Å²) in [4.78, 5) is 0. The van der Waals surface area contributed by atoms with Crippen molar-refractivity contribution in [1.29, 1.82) is 0 Å². The third-order valence-electron chi connectivity index (χ3n) is 5.96. The number of phenols is 1. The van der Waals surface area contributed by atoms with Crippen LogP contribution in [0.2, 0.25) is 0 Å². The Morgan fingerprint density at radius 3 is 2.59 bits per heavy atom. The predicted molar refractivity (Wildman–Crippen MR) is 89.0 cm³/mol. The summed E-state index contributed by atoms with van der Waals surface area (Å²) in [5.74, 6) is 1.69. The Morgan fingerprint density at radius 1 is 0.864 bits per heavy atom. The van der Waals surface area contributed by atoms with Gasteiger partial charge >= 0.3 is 0 Å². The number of hydrogen-bond donors (Lipinski definition) is 2. The van der Waals surface area contributed by atoms with E-state index in [1.807, 2.05) is 18.2 Å². The van der Waals surface area contributed by atoms with E-state index < -0.39 is 0 Å². The molecule has 2 aliphatic rings. The van der Waals surface area contributed by atoms with Gasteiger partial charge in [-0.2, -0.15) is 0 Å². The summed E-state index contributed by atoms with van der Waals surface area (Å²) in [7, 11) is 0. The minimum atomic E-state index is -0.323. The molecule has 0 bridgehead atoms. The van der Waals surface area contributed by atoms with Crippen molar-refractivity contribution in [3.05, 3.63) is 42.0 Å². The van der Waals surface area contributed by atoms with E-state index in [2.05, 4.69) is 12.1 Å². The Kier molecular flexibility index (Phi) is 3.57. The second kappa shape index (κ2) is 5.58. The van der Waals surface area contributed by atoms with Crippen LogP contribution in [0.25, 0.3) is 10.8 Å². The van der Waals surface area contributed by atoms with Crippen molar-refractivity contribution >= 4 is 10.8 Å². The van der Waals surface area contributed by atoms with Crippen LogP contribution < -0.4 is 0 Å². The minimum absolute atomic E-state index is 0.0881. The average Bonchev–Trinajstić information content (AvgIpc) is 2.56. The van der Waals surface area contributed by atoms with Crippen LogP contribution >= 0.6 is 0 Å². The Bertz CT molecular complexity index is 678. The third kappa shape index (κ3) is 2.21. The number of aliphatic hydroxyl groups excluding tert-OH is 1. The van der Waals surface area contributed by atoms with Gasteiger partial charge in [-0.1, -0.05) is 49.6 Å². The number of rotatable bonds is 1. The van der Waals surface area contributed by atoms with Gasteiger partial charge in [-0.05, 0) is 47.9 Å². The monoisotopic (exact) mass is 296 g/mol. The van der Waals surface area contributed by atoms with Gasteiger partial charge in [0.1, 0.15) is 5.75 Å². The molecular formula is C20H24O2. The third-order valence-corrected chi connectivity index (χ3v) is 5.96.